The number of hydrogen-bond acceptors (Lipinski definition) is 4. The van der Waals surface area contributed by atoms with Crippen molar-refractivity contribution >= 4 is 23.1 Å². The van der Waals surface area contributed by atoms with Crippen LogP contribution in [-0.2, 0) is 0 Å². The minimum Gasteiger partial charge on any atom is -0.328 e. The molecule has 1 aliphatic rings. The van der Waals surface area contributed by atoms with Crippen LogP contribution in [0.4, 0.5) is 9.18 Å². The van der Waals surface area contributed by atoms with Gasteiger partial charge >= 0.3 is 6.03 Å². The summed E-state index contributed by atoms with van der Waals surface area (Å²) >= 11 is 1.49. The number of thiazole rings is 1. The number of amides is 2. The van der Waals surface area contributed by atoms with Crippen LogP contribution in [0.3, 0.4) is 0 Å². The number of nitrogens with zero attached hydrogens (tertiary/aromatic N) is 3. The maximum Gasteiger partial charge on any atom is 0.341 e. The summed E-state index contributed by atoms with van der Waals surface area (Å²) in [5.74, 6) is -0.564. The van der Waals surface area contributed by atoms with Crippen molar-refractivity contribution in [1.29, 1.82) is 5.26 Å². The summed E-state index contributed by atoms with van der Waals surface area (Å²) < 4.78 is 13.3. The molecule has 138 valence electrons. The smallest absolute Gasteiger partial charge is 0.328 e. The zero-order valence-corrected chi connectivity index (χ0v) is 15.7. The SMILES string of the molecule is CC1=NC(=O)NC(c2ccc(F)cc2)C1c1nc(-c2ccc(C#N)cc2)cs1. The molecule has 0 saturated carbocycles. The molecule has 0 bridgehead atoms. The van der Waals surface area contributed by atoms with Crippen LogP contribution in [0.15, 0.2) is 58.9 Å². The zero-order valence-electron chi connectivity index (χ0n) is 14.9. The molecule has 0 spiro atoms. The first kappa shape index (κ1) is 18.0. The molecule has 1 aromatic heterocycles. The average molecular weight is 390 g/mol. The molecule has 1 aliphatic heterocycles. The topological polar surface area (TPSA) is 78.1 Å². The van der Waals surface area contributed by atoms with Crippen molar-refractivity contribution < 1.29 is 9.18 Å². The molecule has 0 saturated heterocycles. The lowest BCUT2D eigenvalue weighted by atomic mass is 9.88. The highest BCUT2D eigenvalue weighted by molar-refractivity contribution is 7.10. The monoisotopic (exact) mass is 390 g/mol. The van der Waals surface area contributed by atoms with E-state index in [9.17, 15) is 9.18 Å². The van der Waals surface area contributed by atoms with Gasteiger partial charge in [-0.2, -0.15) is 5.26 Å². The van der Waals surface area contributed by atoms with Gasteiger partial charge in [0.2, 0.25) is 0 Å². The van der Waals surface area contributed by atoms with E-state index in [0.29, 0.717) is 11.3 Å². The largest absolute Gasteiger partial charge is 0.341 e. The number of urea groups is 1. The van der Waals surface area contributed by atoms with Gasteiger partial charge < -0.3 is 5.32 Å². The number of nitriles is 1. The van der Waals surface area contributed by atoms with Crippen molar-refractivity contribution in [1.82, 2.24) is 10.3 Å². The molecule has 0 fully saturated rings. The van der Waals surface area contributed by atoms with Crippen LogP contribution in [0.2, 0.25) is 0 Å². The van der Waals surface area contributed by atoms with Crippen LogP contribution < -0.4 is 5.32 Å². The van der Waals surface area contributed by atoms with Gasteiger partial charge in [-0.05, 0) is 36.8 Å². The van der Waals surface area contributed by atoms with Crippen LogP contribution in [0.25, 0.3) is 11.3 Å². The Balaban J connectivity index is 1.71. The van der Waals surface area contributed by atoms with Crippen molar-refractivity contribution in [2.75, 3.05) is 0 Å². The van der Waals surface area contributed by atoms with Gasteiger partial charge in [0, 0.05) is 16.7 Å². The number of aliphatic imine (C=N–C) groups is 1. The fourth-order valence-corrected chi connectivity index (χ4v) is 4.29. The van der Waals surface area contributed by atoms with Gasteiger partial charge in [0.05, 0.1) is 29.3 Å². The van der Waals surface area contributed by atoms with Crippen LogP contribution >= 0.6 is 11.3 Å². The number of hydrogen-bond donors (Lipinski definition) is 1. The Bertz CT molecular complexity index is 1100. The Kier molecular flexibility index (Phi) is 4.72. The number of aromatic nitrogens is 1. The molecule has 4 rings (SSSR count). The highest BCUT2D eigenvalue weighted by Gasteiger charge is 2.34. The van der Waals surface area contributed by atoms with E-state index in [2.05, 4.69) is 16.4 Å². The van der Waals surface area contributed by atoms with Crippen molar-refractivity contribution in [3.8, 4) is 17.3 Å². The number of nitrogens with one attached hydrogen (secondary N) is 1. The van der Waals surface area contributed by atoms with Gasteiger partial charge in [0.25, 0.3) is 0 Å². The van der Waals surface area contributed by atoms with Crippen LogP contribution in [0, 0.1) is 17.1 Å². The van der Waals surface area contributed by atoms with E-state index in [1.807, 2.05) is 24.4 Å². The summed E-state index contributed by atoms with van der Waals surface area (Å²) in [6, 6.07) is 14.6. The first-order valence-electron chi connectivity index (χ1n) is 8.62. The second kappa shape index (κ2) is 7.33. The lowest BCUT2D eigenvalue weighted by Gasteiger charge is -2.30. The molecule has 5 nitrogen and oxygen atoms in total. The van der Waals surface area contributed by atoms with Gasteiger partial charge in [-0.1, -0.05) is 24.3 Å². The lowest BCUT2D eigenvalue weighted by molar-refractivity contribution is 0.243. The molecule has 28 heavy (non-hydrogen) atoms. The molecule has 2 unspecified atom stereocenters. The quantitative estimate of drug-likeness (QED) is 0.696. The first-order chi connectivity index (χ1) is 13.5. The van der Waals surface area contributed by atoms with Crippen molar-refractivity contribution in [3.63, 3.8) is 0 Å². The van der Waals surface area contributed by atoms with Crippen LogP contribution in [-0.4, -0.2) is 16.7 Å². The first-order valence-corrected chi connectivity index (χ1v) is 9.50. The lowest BCUT2D eigenvalue weighted by Crippen LogP contribution is -2.38. The minimum atomic E-state index is -0.410. The van der Waals surface area contributed by atoms with E-state index in [1.165, 1.54) is 23.5 Å². The Hall–Kier alpha value is -3.37. The molecule has 2 atom stereocenters. The van der Waals surface area contributed by atoms with Gasteiger partial charge in [0.1, 0.15) is 10.8 Å². The number of halogens is 1. The maximum atomic E-state index is 13.3. The average Bonchev–Trinajstić information content (AvgIpc) is 3.17. The summed E-state index contributed by atoms with van der Waals surface area (Å²) in [5.41, 5.74) is 3.76. The number of carbonyl (C=O) groups is 1. The van der Waals surface area contributed by atoms with E-state index >= 15 is 0 Å². The minimum absolute atomic E-state index is 0.236. The molecule has 1 N–H and O–H groups in total. The highest BCUT2D eigenvalue weighted by atomic mass is 32.1. The van der Waals surface area contributed by atoms with Gasteiger partial charge in [-0.15, -0.1) is 11.3 Å². The highest BCUT2D eigenvalue weighted by Crippen LogP contribution is 2.37. The summed E-state index contributed by atoms with van der Waals surface area (Å²) in [5, 5.41) is 14.6. The van der Waals surface area contributed by atoms with E-state index in [-0.39, 0.29) is 17.8 Å². The third-order valence-electron chi connectivity index (χ3n) is 4.67. The second-order valence-electron chi connectivity index (χ2n) is 6.47. The predicted molar refractivity (Wildman–Crippen MR) is 106 cm³/mol. The summed E-state index contributed by atoms with van der Waals surface area (Å²) in [4.78, 5) is 20.8. The molecular weight excluding hydrogens is 375 g/mol. The molecule has 3 aromatic rings. The number of carbonyl (C=O) groups excluding carboxylic acids is 1. The standard InChI is InChI=1S/C21H15FN4OS/c1-12-18(19(26-21(27)24-12)15-6-8-16(22)9-7-15)20-25-17(11-28-20)14-4-2-13(10-23)3-5-14/h2-9,11,18-19H,1H3,(H,26,27). The second-order valence-corrected chi connectivity index (χ2v) is 7.36. The number of benzene rings is 2. The third kappa shape index (κ3) is 3.42. The van der Waals surface area contributed by atoms with Gasteiger partial charge in [0.15, 0.2) is 0 Å². The van der Waals surface area contributed by atoms with E-state index < -0.39 is 6.03 Å². The normalized spacial score (nSPS) is 18.9. The van der Waals surface area contributed by atoms with Crippen molar-refractivity contribution in [2.45, 2.75) is 18.9 Å². The number of rotatable bonds is 3. The molecule has 2 aromatic carbocycles. The fourth-order valence-electron chi connectivity index (χ4n) is 3.27. The van der Waals surface area contributed by atoms with Gasteiger partial charge in [-0.3, -0.25) is 0 Å². The maximum absolute atomic E-state index is 13.3. The summed E-state index contributed by atoms with van der Waals surface area (Å²) in [6.45, 7) is 1.81. The summed E-state index contributed by atoms with van der Waals surface area (Å²) in [7, 11) is 0. The molecular formula is C21H15FN4OS. The Labute approximate surface area is 165 Å². The molecule has 2 heterocycles. The van der Waals surface area contributed by atoms with E-state index in [4.69, 9.17) is 10.2 Å². The van der Waals surface area contributed by atoms with Crippen molar-refractivity contribution in [2.24, 2.45) is 4.99 Å². The van der Waals surface area contributed by atoms with Crippen LogP contribution in [0.5, 0.6) is 0 Å². The molecule has 7 heteroatoms. The third-order valence-corrected chi connectivity index (χ3v) is 5.60. The molecule has 2 amide bonds. The van der Waals surface area contributed by atoms with Crippen molar-refractivity contribution in [3.05, 3.63) is 75.9 Å². The molecule has 0 aliphatic carbocycles. The van der Waals surface area contributed by atoms with E-state index in [0.717, 1.165) is 21.8 Å². The van der Waals surface area contributed by atoms with E-state index in [1.54, 1.807) is 24.3 Å². The Morgan fingerprint density at radius 3 is 2.54 bits per heavy atom. The van der Waals surface area contributed by atoms with Gasteiger partial charge in [-0.25, -0.2) is 19.2 Å². The fraction of sp³-hybridized carbons (Fsp3) is 0.143. The Morgan fingerprint density at radius 1 is 1.14 bits per heavy atom. The predicted octanol–water partition coefficient (Wildman–Crippen LogP) is 4.83. The Morgan fingerprint density at radius 2 is 1.86 bits per heavy atom. The van der Waals surface area contributed by atoms with Crippen LogP contribution in [0.1, 0.15) is 35.0 Å². The summed E-state index contributed by atoms with van der Waals surface area (Å²) in [6.07, 6.45) is 0. The zero-order chi connectivity index (χ0) is 19.7. The molecule has 0 radical (unpaired) electrons.